The lowest BCUT2D eigenvalue weighted by atomic mass is 10.0. The zero-order valence-electron chi connectivity index (χ0n) is 7.21. The van der Waals surface area contributed by atoms with Gasteiger partial charge in [-0.1, -0.05) is 0 Å². The van der Waals surface area contributed by atoms with E-state index in [4.69, 9.17) is 4.74 Å². The zero-order chi connectivity index (χ0) is 9.42. The number of halogens is 1. The van der Waals surface area contributed by atoms with Gasteiger partial charge in [0.2, 0.25) is 0 Å². The molecule has 0 amide bonds. The van der Waals surface area contributed by atoms with Crippen molar-refractivity contribution in [3.63, 3.8) is 0 Å². The Bertz CT molecular complexity index is 360. The van der Waals surface area contributed by atoms with Crippen molar-refractivity contribution in [1.29, 1.82) is 0 Å². The maximum Gasteiger partial charge on any atom is 0.170 e. The van der Waals surface area contributed by atoms with Gasteiger partial charge in [-0.2, -0.15) is 0 Å². The summed E-state index contributed by atoms with van der Waals surface area (Å²) in [7, 11) is 0. The molecule has 1 aliphatic rings. The van der Waals surface area contributed by atoms with E-state index in [0.717, 1.165) is 0 Å². The molecular formula is C10H9FO2. The highest BCUT2D eigenvalue weighted by atomic mass is 19.1. The smallest absolute Gasteiger partial charge is 0.170 e. The molecule has 0 aromatic heterocycles. The summed E-state index contributed by atoms with van der Waals surface area (Å²) in [5.74, 6) is 0.0122. The molecule has 0 bridgehead atoms. The van der Waals surface area contributed by atoms with Crippen LogP contribution in [0.2, 0.25) is 0 Å². The molecule has 68 valence electrons. The van der Waals surface area contributed by atoms with Crippen molar-refractivity contribution >= 4 is 5.78 Å². The van der Waals surface area contributed by atoms with E-state index in [1.807, 2.05) is 0 Å². The van der Waals surface area contributed by atoms with E-state index in [0.29, 0.717) is 17.7 Å². The van der Waals surface area contributed by atoms with Crippen LogP contribution in [0.1, 0.15) is 23.7 Å². The molecule has 1 aromatic rings. The second kappa shape index (κ2) is 2.83. The first-order valence-electron chi connectivity index (χ1n) is 4.16. The van der Waals surface area contributed by atoms with Gasteiger partial charge in [0.1, 0.15) is 17.7 Å². The van der Waals surface area contributed by atoms with Crippen LogP contribution in [0.15, 0.2) is 18.2 Å². The number of carbonyl (C=O) groups excluding carboxylic acids is 1. The molecule has 13 heavy (non-hydrogen) atoms. The van der Waals surface area contributed by atoms with Gasteiger partial charge in [0.15, 0.2) is 5.78 Å². The van der Waals surface area contributed by atoms with Gasteiger partial charge >= 0.3 is 0 Å². The molecule has 0 saturated carbocycles. The fourth-order valence-corrected chi connectivity index (χ4v) is 1.45. The molecule has 2 nitrogen and oxygen atoms in total. The quantitative estimate of drug-likeness (QED) is 0.611. The summed E-state index contributed by atoms with van der Waals surface area (Å²) in [6.07, 6.45) is 0.223. The first kappa shape index (κ1) is 8.23. The highest BCUT2D eigenvalue weighted by molar-refractivity contribution is 5.99. The fourth-order valence-electron chi connectivity index (χ4n) is 1.45. The summed E-state index contributed by atoms with van der Waals surface area (Å²) in [4.78, 5) is 11.4. The molecule has 1 aliphatic heterocycles. The van der Waals surface area contributed by atoms with E-state index in [9.17, 15) is 9.18 Å². The second-order valence-electron chi connectivity index (χ2n) is 3.20. The highest BCUT2D eigenvalue weighted by Crippen LogP contribution is 2.27. The van der Waals surface area contributed by atoms with Crippen LogP contribution in [-0.2, 0) is 0 Å². The van der Waals surface area contributed by atoms with Gasteiger partial charge < -0.3 is 4.74 Å². The molecule has 1 unspecified atom stereocenters. The summed E-state index contributed by atoms with van der Waals surface area (Å²) in [5.41, 5.74) is 0.486. The number of ether oxygens (including phenoxy) is 1. The number of hydrogen-bond acceptors (Lipinski definition) is 2. The van der Waals surface area contributed by atoms with Crippen molar-refractivity contribution in [2.75, 3.05) is 0 Å². The predicted molar refractivity (Wildman–Crippen MR) is 45.4 cm³/mol. The predicted octanol–water partition coefficient (Wildman–Crippen LogP) is 2.18. The third kappa shape index (κ3) is 1.41. The number of hydrogen-bond donors (Lipinski definition) is 0. The number of Topliss-reactive ketones (excluding diaryl/α,β-unsaturated/α-hetero) is 1. The topological polar surface area (TPSA) is 26.3 Å². The van der Waals surface area contributed by atoms with Gasteiger partial charge in [-0.3, -0.25) is 4.79 Å². The van der Waals surface area contributed by atoms with Crippen LogP contribution in [0.3, 0.4) is 0 Å². The molecule has 0 fully saturated rings. The van der Waals surface area contributed by atoms with Crippen molar-refractivity contribution in [1.82, 2.24) is 0 Å². The van der Waals surface area contributed by atoms with E-state index >= 15 is 0 Å². The number of ketones is 1. The van der Waals surface area contributed by atoms with E-state index in [1.54, 1.807) is 6.92 Å². The van der Waals surface area contributed by atoms with Crippen molar-refractivity contribution in [2.45, 2.75) is 19.4 Å². The summed E-state index contributed by atoms with van der Waals surface area (Å²) in [6, 6.07) is 4.00. The van der Waals surface area contributed by atoms with Crippen LogP contribution in [0.5, 0.6) is 5.75 Å². The average Bonchev–Trinajstić information content (AvgIpc) is 2.02. The lowest BCUT2D eigenvalue weighted by Gasteiger charge is -2.21. The highest BCUT2D eigenvalue weighted by Gasteiger charge is 2.23. The van der Waals surface area contributed by atoms with Crippen molar-refractivity contribution in [2.24, 2.45) is 0 Å². The minimum Gasteiger partial charge on any atom is -0.489 e. The van der Waals surface area contributed by atoms with Gasteiger partial charge in [0.05, 0.1) is 5.56 Å². The molecule has 0 aliphatic carbocycles. The maximum atomic E-state index is 12.8. The van der Waals surface area contributed by atoms with Gasteiger partial charge in [-0.15, -0.1) is 0 Å². The summed E-state index contributed by atoms with van der Waals surface area (Å²) in [5, 5.41) is 0. The minimum atomic E-state index is -0.374. The molecule has 0 N–H and O–H groups in total. The Morgan fingerprint density at radius 3 is 3.08 bits per heavy atom. The van der Waals surface area contributed by atoms with Crippen LogP contribution in [0, 0.1) is 5.82 Å². The Morgan fingerprint density at radius 2 is 2.31 bits per heavy atom. The largest absolute Gasteiger partial charge is 0.489 e. The summed E-state index contributed by atoms with van der Waals surface area (Å²) >= 11 is 0. The molecule has 0 saturated heterocycles. The number of fused-ring (bicyclic) bond motifs is 1. The Kier molecular flexibility index (Phi) is 1.79. The van der Waals surface area contributed by atoms with Gasteiger partial charge in [-0.05, 0) is 19.1 Å². The van der Waals surface area contributed by atoms with E-state index in [1.165, 1.54) is 18.2 Å². The molecular weight excluding hydrogens is 171 g/mol. The third-order valence-corrected chi connectivity index (χ3v) is 2.05. The molecule has 1 aromatic carbocycles. The summed E-state index contributed by atoms with van der Waals surface area (Å²) < 4.78 is 18.1. The molecule has 1 heterocycles. The third-order valence-electron chi connectivity index (χ3n) is 2.05. The van der Waals surface area contributed by atoms with Crippen LogP contribution in [-0.4, -0.2) is 11.9 Å². The van der Waals surface area contributed by atoms with Crippen LogP contribution in [0.25, 0.3) is 0 Å². The van der Waals surface area contributed by atoms with Gasteiger partial charge in [0, 0.05) is 12.5 Å². The number of benzene rings is 1. The Balaban J connectivity index is 2.49. The van der Waals surface area contributed by atoms with Crippen LogP contribution < -0.4 is 4.74 Å². The number of carbonyl (C=O) groups is 1. The first-order chi connectivity index (χ1) is 6.16. The Hall–Kier alpha value is -1.38. The SMILES string of the molecule is CC1CC(=O)c2ccc(F)cc2O1. The normalized spacial score (nSPS) is 20.8. The lowest BCUT2D eigenvalue weighted by Crippen LogP contribution is -2.23. The average molecular weight is 180 g/mol. The first-order valence-corrected chi connectivity index (χ1v) is 4.16. The molecule has 0 radical (unpaired) electrons. The molecule has 3 heteroatoms. The monoisotopic (exact) mass is 180 g/mol. The van der Waals surface area contributed by atoms with Crippen LogP contribution in [0.4, 0.5) is 4.39 Å². The molecule has 0 spiro atoms. The second-order valence-corrected chi connectivity index (χ2v) is 3.20. The van der Waals surface area contributed by atoms with Crippen LogP contribution >= 0.6 is 0 Å². The maximum absolute atomic E-state index is 12.8. The molecule has 2 rings (SSSR count). The standard InChI is InChI=1S/C10H9FO2/c1-6-4-9(12)8-3-2-7(11)5-10(8)13-6/h2-3,5-6H,4H2,1H3. The zero-order valence-corrected chi connectivity index (χ0v) is 7.21. The van der Waals surface area contributed by atoms with Crippen molar-refractivity contribution in [3.8, 4) is 5.75 Å². The Labute approximate surface area is 75.3 Å². The van der Waals surface area contributed by atoms with Crippen molar-refractivity contribution < 1.29 is 13.9 Å². The minimum absolute atomic E-state index is 0.0220. The fraction of sp³-hybridized carbons (Fsp3) is 0.300. The van der Waals surface area contributed by atoms with E-state index in [-0.39, 0.29) is 17.7 Å². The lowest BCUT2D eigenvalue weighted by molar-refractivity contribution is 0.0870. The van der Waals surface area contributed by atoms with E-state index < -0.39 is 0 Å². The van der Waals surface area contributed by atoms with E-state index in [2.05, 4.69) is 0 Å². The molecule has 1 atom stereocenters. The summed E-state index contributed by atoms with van der Waals surface area (Å²) in [6.45, 7) is 1.80. The number of rotatable bonds is 0. The van der Waals surface area contributed by atoms with Gasteiger partial charge in [-0.25, -0.2) is 4.39 Å². The van der Waals surface area contributed by atoms with Crippen molar-refractivity contribution in [3.05, 3.63) is 29.6 Å². The van der Waals surface area contributed by atoms with Gasteiger partial charge in [0.25, 0.3) is 0 Å². The Morgan fingerprint density at radius 1 is 1.54 bits per heavy atom.